The summed E-state index contributed by atoms with van der Waals surface area (Å²) >= 11 is 0. The number of carbonyl (C=O) groups excluding carboxylic acids is 1. The van der Waals surface area contributed by atoms with Crippen LogP contribution < -0.4 is 10.1 Å². The Balaban J connectivity index is 1.37. The van der Waals surface area contributed by atoms with Crippen LogP contribution in [0.4, 0.5) is 18.9 Å². The highest BCUT2D eigenvalue weighted by Crippen LogP contribution is 2.31. The maximum absolute atomic E-state index is 12.6. The second-order valence-electron chi connectivity index (χ2n) is 8.03. The zero-order valence-corrected chi connectivity index (χ0v) is 17.1. The van der Waals surface area contributed by atoms with Crippen LogP contribution in [0.25, 0.3) is 10.9 Å². The Morgan fingerprint density at radius 1 is 1.06 bits per heavy atom. The van der Waals surface area contributed by atoms with Crippen LogP contribution in [0.15, 0.2) is 48.7 Å². The number of fused-ring (bicyclic) bond motifs is 1. The summed E-state index contributed by atoms with van der Waals surface area (Å²) in [5.41, 5.74) is 2.04. The van der Waals surface area contributed by atoms with Crippen molar-refractivity contribution in [1.29, 1.82) is 0 Å². The van der Waals surface area contributed by atoms with Crippen LogP contribution in [0.1, 0.15) is 43.2 Å². The van der Waals surface area contributed by atoms with Crippen molar-refractivity contribution >= 4 is 22.5 Å². The lowest BCUT2D eigenvalue weighted by atomic mass is 9.88. The summed E-state index contributed by atoms with van der Waals surface area (Å²) in [7, 11) is 0. The molecule has 0 aliphatic heterocycles. The Morgan fingerprint density at radius 3 is 2.52 bits per heavy atom. The minimum Gasteiger partial charge on any atom is -0.493 e. The van der Waals surface area contributed by atoms with Gasteiger partial charge in [-0.25, -0.2) is 0 Å². The topological polar surface area (TPSA) is 54.1 Å². The Bertz CT molecular complexity index is 1040. The summed E-state index contributed by atoms with van der Waals surface area (Å²) in [4.78, 5) is 15.8. The molecule has 164 valence electrons. The van der Waals surface area contributed by atoms with E-state index in [1.54, 1.807) is 0 Å². The monoisotopic (exact) mass is 430 g/mol. The molecule has 4 rings (SSSR count). The number of benzene rings is 2. The maximum Gasteiger partial charge on any atom is 0.416 e. The van der Waals surface area contributed by atoms with E-state index in [4.69, 9.17) is 4.74 Å². The van der Waals surface area contributed by atoms with Gasteiger partial charge < -0.3 is 15.0 Å². The first-order chi connectivity index (χ1) is 14.9. The number of carbonyl (C=O) groups is 1. The minimum absolute atomic E-state index is 0.0802. The van der Waals surface area contributed by atoms with Crippen LogP contribution in [0, 0.1) is 5.92 Å². The van der Waals surface area contributed by atoms with Gasteiger partial charge in [0.1, 0.15) is 5.75 Å². The number of ether oxygens (including phenoxy) is 1. The van der Waals surface area contributed by atoms with Crippen molar-refractivity contribution in [3.05, 3.63) is 59.8 Å². The molecule has 0 bridgehead atoms. The van der Waals surface area contributed by atoms with Gasteiger partial charge in [-0.05, 0) is 54.8 Å². The summed E-state index contributed by atoms with van der Waals surface area (Å²) in [5.74, 6) is 0.562. The van der Waals surface area contributed by atoms with Gasteiger partial charge in [-0.3, -0.25) is 4.79 Å². The smallest absolute Gasteiger partial charge is 0.416 e. The number of nitrogens with one attached hydrogen (secondary N) is 2. The fourth-order valence-electron chi connectivity index (χ4n) is 4.05. The summed E-state index contributed by atoms with van der Waals surface area (Å²) in [5, 5.41) is 4.01. The average molecular weight is 430 g/mol. The van der Waals surface area contributed by atoms with Crippen LogP contribution in [0.2, 0.25) is 0 Å². The molecule has 31 heavy (non-hydrogen) atoms. The molecular weight excluding hydrogens is 405 g/mol. The largest absolute Gasteiger partial charge is 0.493 e. The number of hydrogen-bond donors (Lipinski definition) is 2. The number of alkyl halides is 3. The lowest BCUT2D eigenvalue weighted by Crippen LogP contribution is -2.24. The van der Waals surface area contributed by atoms with Gasteiger partial charge in [-0.1, -0.05) is 25.3 Å². The highest BCUT2D eigenvalue weighted by molar-refractivity contribution is 6.02. The van der Waals surface area contributed by atoms with Crippen LogP contribution in [0.5, 0.6) is 5.75 Å². The summed E-state index contributed by atoms with van der Waals surface area (Å²) < 4.78 is 43.5. The third-order valence-electron chi connectivity index (χ3n) is 5.82. The molecule has 1 aliphatic rings. The molecule has 3 aromatic rings. The van der Waals surface area contributed by atoms with Crippen molar-refractivity contribution in [2.75, 3.05) is 11.9 Å². The van der Waals surface area contributed by atoms with E-state index in [1.807, 2.05) is 24.4 Å². The fraction of sp³-hybridized carbons (Fsp3) is 0.375. The predicted molar refractivity (Wildman–Crippen MR) is 114 cm³/mol. The van der Waals surface area contributed by atoms with E-state index in [1.165, 1.54) is 18.6 Å². The van der Waals surface area contributed by atoms with E-state index in [9.17, 15) is 18.0 Å². The van der Waals surface area contributed by atoms with Crippen molar-refractivity contribution < 1.29 is 22.7 Å². The second kappa shape index (κ2) is 9.04. The van der Waals surface area contributed by atoms with Gasteiger partial charge >= 0.3 is 6.18 Å². The zero-order chi connectivity index (χ0) is 21.8. The van der Waals surface area contributed by atoms with E-state index in [-0.39, 0.29) is 11.8 Å². The molecule has 1 saturated carbocycles. The van der Waals surface area contributed by atoms with Crippen molar-refractivity contribution in [1.82, 2.24) is 4.98 Å². The van der Waals surface area contributed by atoms with Crippen molar-refractivity contribution in [2.45, 2.75) is 44.7 Å². The van der Waals surface area contributed by atoms with Crippen molar-refractivity contribution in [3.63, 3.8) is 0 Å². The predicted octanol–water partition coefficient (Wildman–Crippen LogP) is 6.33. The first-order valence-electron chi connectivity index (χ1n) is 10.6. The van der Waals surface area contributed by atoms with Crippen LogP contribution >= 0.6 is 0 Å². The van der Waals surface area contributed by atoms with Crippen molar-refractivity contribution in [3.8, 4) is 5.75 Å². The molecule has 0 saturated heterocycles. The molecule has 1 aromatic heterocycles. The minimum atomic E-state index is -4.35. The molecule has 1 fully saturated rings. The standard InChI is InChI=1S/C24H25F3N2O2/c25-24(26,27)18-7-9-19(10-8-18)31-13-12-16-6-11-21-20(14-16)22(15-28-21)29-23(30)17-4-2-1-3-5-17/h6-11,14-15,17,28H,1-5,12-13H2,(H,29,30). The van der Waals surface area contributed by atoms with Crippen LogP contribution in [-0.2, 0) is 17.4 Å². The number of aromatic amines is 1. The Kier molecular flexibility index (Phi) is 6.20. The van der Waals surface area contributed by atoms with E-state index in [2.05, 4.69) is 10.3 Å². The van der Waals surface area contributed by atoms with Gasteiger partial charge in [0.2, 0.25) is 5.91 Å². The summed E-state index contributed by atoms with van der Waals surface area (Å²) in [6, 6.07) is 10.6. The number of amides is 1. The molecule has 0 radical (unpaired) electrons. The molecule has 2 aromatic carbocycles. The van der Waals surface area contributed by atoms with E-state index >= 15 is 0 Å². The molecule has 4 nitrogen and oxygen atoms in total. The van der Waals surface area contributed by atoms with Gasteiger partial charge in [-0.15, -0.1) is 0 Å². The number of H-pyrrole nitrogens is 1. The van der Waals surface area contributed by atoms with Gasteiger partial charge in [0, 0.05) is 29.4 Å². The normalized spacial score (nSPS) is 15.2. The number of aromatic nitrogens is 1. The number of rotatable bonds is 6. The molecule has 1 aliphatic carbocycles. The SMILES string of the molecule is O=C(Nc1c[nH]c2ccc(CCOc3ccc(C(F)(F)F)cc3)cc12)C1CCCCC1. The van der Waals surface area contributed by atoms with Crippen LogP contribution in [0.3, 0.4) is 0 Å². The van der Waals surface area contributed by atoms with E-state index in [0.29, 0.717) is 18.8 Å². The first kappa shape index (κ1) is 21.3. The molecular formula is C24H25F3N2O2. The highest BCUT2D eigenvalue weighted by Gasteiger charge is 2.30. The fourth-order valence-corrected chi connectivity index (χ4v) is 4.05. The second-order valence-corrected chi connectivity index (χ2v) is 8.03. The molecule has 0 unspecified atom stereocenters. The van der Waals surface area contributed by atoms with Crippen molar-refractivity contribution in [2.24, 2.45) is 5.92 Å². The van der Waals surface area contributed by atoms with E-state index < -0.39 is 11.7 Å². The quantitative estimate of drug-likeness (QED) is 0.480. The molecule has 0 spiro atoms. The molecule has 1 amide bonds. The number of halogens is 3. The van der Waals surface area contributed by atoms with E-state index in [0.717, 1.165) is 60.0 Å². The summed E-state index contributed by atoms with van der Waals surface area (Å²) in [6.07, 6.45) is 3.36. The highest BCUT2D eigenvalue weighted by atomic mass is 19.4. The van der Waals surface area contributed by atoms with Gasteiger partial charge in [0.15, 0.2) is 0 Å². The molecule has 2 N–H and O–H groups in total. The Labute approximate surface area is 178 Å². The number of hydrogen-bond acceptors (Lipinski definition) is 2. The maximum atomic E-state index is 12.6. The molecule has 0 atom stereocenters. The first-order valence-corrected chi connectivity index (χ1v) is 10.6. The lowest BCUT2D eigenvalue weighted by Gasteiger charge is -2.20. The summed E-state index contributed by atoms with van der Waals surface area (Å²) in [6.45, 7) is 0.338. The Hall–Kier alpha value is -2.96. The van der Waals surface area contributed by atoms with Gasteiger partial charge in [-0.2, -0.15) is 13.2 Å². The zero-order valence-electron chi connectivity index (χ0n) is 17.1. The van der Waals surface area contributed by atoms with Gasteiger partial charge in [0.05, 0.1) is 17.9 Å². The third kappa shape index (κ3) is 5.21. The lowest BCUT2D eigenvalue weighted by molar-refractivity contribution is -0.137. The Morgan fingerprint density at radius 2 is 1.81 bits per heavy atom. The average Bonchev–Trinajstić information content (AvgIpc) is 3.16. The van der Waals surface area contributed by atoms with Gasteiger partial charge in [0.25, 0.3) is 0 Å². The molecule has 7 heteroatoms. The molecule has 1 heterocycles. The third-order valence-corrected chi connectivity index (χ3v) is 5.82. The number of anilines is 1. The van der Waals surface area contributed by atoms with Crippen LogP contribution in [-0.4, -0.2) is 17.5 Å².